The molecule has 1 aliphatic heterocycles. The predicted molar refractivity (Wildman–Crippen MR) is 63.8 cm³/mol. The Morgan fingerprint density at radius 1 is 1.31 bits per heavy atom. The fourth-order valence-electron chi connectivity index (χ4n) is 1.84. The summed E-state index contributed by atoms with van der Waals surface area (Å²) in [7, 11) is 0. The van der Waals surface area contributed by atoms with Crippen LogP contribution in [0.25, 0.3) is 11.1 Å². The minimum absolute atomic E-state index is 0.403. The molecule has 0 bridgehead atoms. The van der Waals surface area contributed by atoms with E-state index in [0.717, 1.165) is 16.3 Å². The highest BCUT2D eigenvalue weighted by Gasteiger charge is 2.25. The zero-order chi connectivity index (χ0) is 11.1. The van der Waals surface area contributed by atoms with E-state index in [-0.39, 0.29) is 0 Å². The van der Waals surface area contributed by atoms with Crippen LogP contribution in [0.15, 0.2) is 32.9 Å². The molecule has 1 aromatic carbocycles. The Hall–Kier alpha value is -1.62. The van der Waals surface area contributed by atoms with Crippen LogP contribution in [0.3, 0.4) is 0 Å². The van der Waals surface area contributed by atoms with Crippen LogP contribution in [0, 0.1) is 0 Å². The van der Waals surface area contributed by atoms with Crippen LogP contribution in [-0.2, 0) is 0 Å². The lowest BCUT2D eigenvalue weighted by Crippen LogP contribution is -2.37. The zero-order valence-electron chi connectivity index (χ0n) is 8.32. The number of hydrogen-bond acceptors (Lipinski definition) is 5. The summed E-state index contributed by atoms with van der Waals surface area (Å²) in [5.41, 5.74) is 0.926. The Bertz CT molecular complexity index is 629. The van der Waals surface area contributed by atoms with Crippen molar-refractivity contribution >= 4 is 17.4 Å². The molecule has 0 unspecified atom stereocenters. The van der Waals surface area contributed by atoms with Gasteiger partial charge >= 0.3 is 0 Å². The first-order chi connectivity index (χ1) is 7.79. The van der Waals surface area contributed by atoms with Gasteiger partial charge in [-0.2, -0.15) is 0 Å². The number of nitrogens with zero attached hydrogens (tertiary/aromatic N) is 1. The maximum absolute atomic E-state index is 11.5. The normalized spacial score (nSPS) is 14.5. The van der Waals surface area contributed by atoms with Gasteiger partial charge in [0.1, 0.15) is 5.03 Å². The molecule has 80 valence electrons. The lowest BCUT2D eigenvalue weighted by Gasteiger charge is -2.18. The predicted octanol–water partition coefficient (Wildman–Crippen LogP) is 0.862. The largest absolute Gasteiger partial charge is 0.380 e. The molecule has 1 aromatic heterocycles. The molecular weight excluding hydrogens is 224 g/mol. The van der Waals surface area contributed by atoms with Crippen LogP contribution >= 0.6 is 11.8 Å². The average molecular weight is 232 g/mol. The van der Waals surface area contributed by atoms with E-state index in [0.29, 0.717) is 17.8 Å². The molecule has 3 rings (SSSR count). The number of aromatic nitrogens is 1. The molecule has 0 saturated carbocycles. The topological polar surface area (TPSA) is 59.1 Å². The summed E-state index contributed by atoms with van der Waals surface area (Å²) in [5, 5.41) is 3.83. The molecule has 2 heterocycles. The lowest BCUT2D eigenvalue weighted by molar-refractivity contribution is 1.10. The first-order valence-electron chi connectivity index (χ1n) is 4.94. The molecule has 4 nitrogen and oxygen atoms in total. The monoisotopic (exact) mass is 232 g/mol. The molecule has 0 radical (unpaired) electrons. The van der Waals surface area contributed by atoms with Crippen LogP contribution in [0.4, 0.5) is 5.69 Å². The Kier molecular flexibility index (Phi) is 2.07. The fourth-order valence-corrected chi connectivity index (χ4v) is 2.70. The maximum Gasteiger partial charge on any atom is 0.250 e. The third-order valence-corrected chi connectivity index (χ3v) is 3.60. The van der Waals surface area contributed by atoms with Crippen molar-refractivity contribution in [1.29, 1.82) is 0 Å². The molecule has 1 aliphatic rings. The molecular formula is C11H8N2O2S. The molecule has 1 N–H and O–H groups in total. The first kappa shape index (κ1) is 9.59. The highest BCUT2D eigenvalue weighted by atomic mass is 32.2. The molecule has 5 heteroatoms. The number of hydrogen-bond donors (Lipinski definition) is 1. The van der Waals surface area contributed by atoms with Crippen LogP contribution in [0.1, 0.15) is 0 Å². The standard InChI is InChI=1S/C11H8N2O2S/c14-9-7-6-2-1-3-13-11(6)16-5-4-12-8(7)10(9)15/h1-3,12H,4-5H2. The van der Waals surface area contributed by atoms with E-state index in [1.807, 2.05) is 6.07 Å². The van der Waals surface area contributed by atoms with Crippen molar-refractivity contribution in [2.45, 2.75) is 5.03 Å². The van der Waals surface area contributed by atoms with E-state index in [9.17, 15) is 9.59 Å². The Morgan fingerprint density at radius 3 is 3.06 bits per heavy atom. The molecule has 16 heavy (non-hydrogen) atoms. The molecule has 0 atom stereocenters. The molecule has 0 aliphatic carbocycles. The highest BCUT2D eigenvalue weighted by molar-refractivity contribution is 7.99. The summed E-state index contributed by atoms with van der Waals surface area (Å²) in [6.07, 6.45) is 1.70. The van der Waals surface area contributed by atoms with Gasteiger partial charge in [-0.05, 0) is 12.1 Å². The highest BCUT2D eigenvalue weighted by Crippen LogP contribution is 2.33. The zero-order valence-corrected chi connectivity index (χ0v) is 9.13. The summed E-state index contributed by atoms with van der Waals surface area (Å²) in [6.45, 7) is 0.679. The van der Waals surface area contributed by atoms with Gasteiger partial charge < -0.3 is 5.32 Å². The molecule has 0 fully saturated rings. The Morgan fingerprint density at radius 2 is 2.19 bits per heavy atom. The van der Waals surface area contributed by atoms with Gasteiger partial charge in [-0.1, -0.05) is 0 Å². The van der Waals surface area contributed by atoms with Crippen molar-refractivity contribution in [1.82, 2.24) is 4.98 Å². The number of nitrogens with one attached hydrogen (secondary N) is 1. The number of rotatable bonds is 0. The quantitative estimate of drug-likeness (QED) is 0.683. The lowest BCUT2D eigenvalue weighted by atomic mass is 10.00. The Balaban J connectivity index is 2.28. The van der Waals surface area contributed by atoms with Gasteiger partial charge in [0.25, 0.3) is 0 Å². The van der Waals surface area contributed by atoms with Gasteiger partial charge in [0, 0.05) is 24.1 Å². The summed E-state index contributed by atoms with van der Waals surface area (Å²) in [4.78, 5) is 27.1. The maximum atomic E-state index is 11.5. The van der Waals surface area contributed by atoms with Gasteiger partial charge in [-0.3, -0.25) is 9.59 Å². The van der Waals surface area contributed by atoms with E-state index < -0.39 is 10.9 Å². The second kappa shape index (κ2) is 3.45. The van der Waals surface area contributed by atoms with E-state index >= 15 is 0 Å². The van der Waals surface area contributed by atoms with E-state index in [1.54, 1.807) is 24.0 Å². The molecule has 2 aromatic rings. The van der Waals surface area contributed by atoms with E-state index in [4.69, 9.17) is 0 Å². The minimum Gasteiger partial charge on any atom is -0.380 e. The fraction of sp³-hybridized carbons (Fsp3) is 0.182. The summed E-state index contributed by atoms with van der Waals surface area (Å²) in [5.74, 6) is 0.836. The summed E-state index contributed by atoms with van der Waals surface area (Å²) in [6, 6.07) is 3.61. The van der Waals surface area contributed by atoms with Crippen molar-refractivity contribution in [2.24, 2.45) is 0 Å². The van der Waals surface area contributed by atoms with Gasteiger partial charge in [-0.25, -0.2) is 4.98 Å². The third kappa shape index (κ3) is 1.21. The average Bonchev–Trinajstić information content (AvgIpc) is 2.29. The number of anilines is 1. The van der Waals surface area contributed by atoms with Crippen molar-refractivity contribution < 1.29 is 0 Å². The van der Waals surface area contributed by atoms with Gasteiger partial charge in [0.15, 0.2) is 0 Å². The van der Waals surface area contributed by atoms with E-state index in [2.05, 4.69) is 10.3 Å². The first-order valence-corrected chi connectivity index (χ1v) is 5.93. The van der Waals surface area contributed by atoms with Crippen LogP contribution in [-0.4, -0.2) is 17.3 Å². The molecule has 0 spiro atoms. The van der Waals surface area contributed by atoms with Crippen LogP contribution < -0.4 is 16.2 Å². The Labute approximate surface area is 95.4 Å². The second-order valence-electron chi connectivity index (χ2n) is 3.54. The summed E-state index contributed by atoms with van der Waals surface area (Å²) >= 11 is 1.59. The van der Waals surface area contributed by atoms with Crippen molar-refractivity contribution in [3.05, 3.63) is 38.8 Å². The summed E-state index contributed by atoms with van der Waals surface area (Å²) < 4.78 is 0. The van der Waals surface area contributed by atoms with Gasteiger partial charge in [0.05, 0.1) is 11.3 Å². The minimum atomic E-state index is -0.406. The smallest absolute Gasteiger partial charge is 0.250 e. The van der Waals surface area contributed by atoms with Crippen LogP contribution in [0.5, 0.6) is 0 Å². The third-order valence-electron chi connectivity index (χ3n) is 2.59. The van der Waals surface area contributed by atoms with Crippen molar-refractivity contribution in [2.75, 3.05) is 17.6 Å². The van der Waals surface area contributed by atoms with Crippen LogP contribution in [0.2, 0.25) is 0 Å². The molecule has 0 saturated heterocycles. The van der Waals surface area contributed by atoms with E-state index in [1.165, 1.54) is 0 Å². The SMILES string of the molecule is O=c1c2c(c1=O)-c1cccnc1SCCN2. The number of fused-ring (bicyclic) bond motifs is 3. The van der Waals surface area contributed by atoms with Crippen molar-refractivity contribution in [3.8, 4) is 11.1 Å². The van der Waals surface area contributed by atoms with Crippen molar-refractivity contribution in [3.63, 3.8) is 0 Å². The van der Waals surface area contributed by atoms with Gasteiger partial charge in [-0.15, -0.1) is 11.8 Å². The van der Waals surface area contributed by atoms with Gasteiger partial charge in [0.2, 0.25) is 10.9 Å². The molecule has 0 amide bonds. The number of thioether (sulfide) groups is 1. The second-order valence-corrected chi connectivity index (χ2v) is 4.62. The number of pyridine rings is 1.